The highest BCUT2D eigenvalue weighted by Crippen LogP contribution is 2.51. The van der Waals surface area contributed by atoms with Crippen LogP contribution in [0, 0.1) is 0 Å². The van der Waals surface area contributed by atoms with Crippen LogP contribution in [0.5, 0.6) is 0 Å². The Labute approximate surface area is 215 Å². The second kappa shape index (κ2) is 12.3. The van der Waals surface area contributed by atoms with Crippen molar-refractivity contribution in [3.05, 3.63) is 0 Å². The van der Waals surface area contributed by atoms with Crippen molar-refractivity contribution in [2.45, 2.75) is 93.4 Å². The minimum absolute atomic E-state index is 0.0322. The van der Waals surface area contributed by atoms with E-state index < -0.39 is 84.3 Å². The summed E-state index contributed by atoms with van der Waals surface area (Å²) in [5.41, 5.74) is 0. The van der Waals surface area contributed by atoms with Crippen molar-refractivity contribution >= 4 is 19.9 Å². The molecule has 2 saturated heterocycles. The van der Waals surface area contributed by atoms with Gasteiger partial charge in [0.2, 0.25) is 5.37 Å². The van der Waals surface area contributed by atoms with E-state index >= 15 is 0 Å². The summed E-state index contributed by atoms with van der Waals surface area (Å²) in [7, 11) is -13.9. The third-order valence-electron chi connectivity index (χ3n) is 6.75. The third-order valence-corrected chi connectivity index (χ3v) is 11.6. The van der Waals surface area contributed by atoms with E-state index in [0.717, 1.165) is 0 Å². The first-order valence-corrected chi connectivity index (χ1v) is 15.1. The fourth-order valence-corrected chi connectivity index (χ4v) is 9.23. The van der Waals surface area contributed by atoms with Gasteiger partial charge in [-0.1, -0.05) is 20.3 Å². The van der Waals surface area contributed by atoms with Gasteiger partial charge in [-0.25, -0.2) is 8.42 Å². The summed E-state index contributed by atoms with van der Waals surface area (Å²) in [6.07, 6.45) is -11.6. The molecule has 0 aromatic rings. The van der Waals surface area contributed by atoms with Crippen LogP contribution in [-0.2, 0) is 19.9 Å². The summed E-state index contributed by atoms with van der Waals surface area (Å²) < 4.78 is 178. The fraction of sp³-hybridized carbons (Fsp3) is 1.00. The van der Waals surface area contributed by atoms with Gasteiger partial charge < -0.3 is 4.90 Å². The molecule has 2 atom stereocenters. The van der Waals surface area contributed by atoms with Gasteiger partial charge in [0.1, 0.15) is 0 Å². The second-order valence-corrected chi connectivity index (χ2v) is 13.8. The summed E-state index contributed by atoms with van der Waals surface area (Å²) in [5, 5.41) is -16.5. The number of quaternary nitrogens is 2. The third kappa shape index (κ3) is 6.53. The number of likely N-dealkylation sites (tertiary alicyclic amines) is 2. The number of sulfonamides is 1. The molecular weight excluding hydrogens is 586 g/mol. The molecule has 2 unspecified atom stereocenters. The van der Waals surface area contributed by atoms with E-state index in [1.165, 1.54) is 45.8 Å². The normalized spacial score (nSPS) is 24.4. The molecule has 2 aliphatic rings. The van der Waals surface area contributed by atoms with Gasteiger partial charge in [-0.15, -0.1) is 0 Å². The van der Waals surface area contributed by atoms with E-state index in [4.69, 9.17) is 0 Å². The lowest BCUT2D eigenvalue weighted by Gasteiger charge is -2.40. The van der Waals surface area contributed by atoms with Gasteiger partial charge >= 0.3 is 32.9 Å². The molecule has 0 aliphatic carbocycles. The van der Waals surface area contributed by atoms with Crippen LogP contribution < -0.4 is 4.90 Å². The lowest BCUT2D eigenvalue weighted by Crippen LogP contribution is -3.09. The molecule has 0 spiro atoms. The fourth-order valence-electron chi connectivity index (χ4n) is 4.79. The molecule has 38 heavy (non-hydrogen) atoms. The summed E-state index contributed by atoms with van der Waals surface area (Å²) in [4.78, 5) is 1.83. The molecule has 1 N–H and O–H groups in total. The summed E-state index contributed by atoms with van der Waals surface area (Å²) in [6.45, 7) is 5.43. The van der Waals surface area contributed by atoms with Crippen molar-refractivity contribution < 1.29 is 69.5 Å². The van der Waals surface area contributed by atoms with Crippen LogP contribution >= 0.6 is 0 Å². The number of nitrogens with zero attached hydrogens (tertiary/aromatic N) is 1. The zero-order chi connectivity index (χ0) is 29.8. The summed E-state index contributed by atoms with van der Waals surface area (Å²) in [5.74, 6) is 0. The molecule has 0 aromatic carbocycles. The number of sulfone groups is 1. The Hall–Kier alpha value is -0.880. The highest BCUT2D eigenvalue weighted by Gasteiger charge is 2.80. The van der Waals surface area contributed by atoms with Crippen molar-refractivity contribution in [1.29, 1.82) is 0 Å². The average Bonchev–Trinajstić information content (AvgIpc) is 3.44. The maximum Gasteiger partial charge on any atom is 0.490 e. The molecule has 2 aliphatic heterocycles. The summed E-state index contributed by atoms with van der Waals surface area (Å²) in [6, 6.07) is 0. The monoisotopic (exact) mass is 620 g/mol. The number of halogens is 10. The number of unbranched alkanes of at least 4 members (excludes halogenated alkanes) is 2. The molecule has 2 fully saturated rings. The van der Waals surface area contributed by atoms with Crippen molar-refractivity contribution in [1.82, 2.24) is 0 Å². The van der Waals surface area contributed by atoms with Crippen LogP contribution in [0.15, 0.2) is 0 Å². The number of rotatable bonds is 10. The Morgan fingerprint density at radius 3 is 1.66 bits per heavy atom. The van der Waals surface area contributed by atoms with E-state index in [1.54, 1.807) is 0 Å². The zero-order valence-corrected chi connectivity index (χ0v) is 22.6. The van der Waals surface area contributed by atoms with Gasteiger partial charge in [0.05, 0.1) is 32.7 Å². The van der Waals surface area contributed by atoms with Crippen LogP contribution in [0.2, 0.25) is 0 Å². The topological polar surface area (TPSA) is 72.7 Å². The van der Waals surface area contributed by atoms with Crippen molar-refractivity contribution in [3.63, 3.8) is 0 Å². The Morgan fingerprint density at radius 1 is 0.737 bits per heavy atom. The van der Waals surface area contributed by atoms with Crippen LogP contribution in [0.4, 0.5) is 43.9 Å². The highest BCUT2D eigenvalue weighted by atomic mass is 32.2. The first kappa shape index (κ1) is 35.1. The molecule has 6 nitrogen and oxygen atoms in total. The van der Waals surface area contributed by atoms with E-state index in [1.807, 2.05) is 4.90 Å². The predicted molar refractivity (Wildman–Crippen MR) is 117 cm³/mol. The van der Waals surface area contributed by atoms with Crippen molar-refractivity contribution in [2.24, 2.45) is 0 Å². The van der Waals surface area contributed by atoms with Gasteiger partial charge in [-0.05, 0) is 19.3 Å². The van der Waals surface area contributed by atoms with Crippen LogP contribution in [0.3, 0.4) is 0 Å². The number of nitrogens with one attached hydrogen (secondary N) is 1. The minimum Gasteiger partial charge on any atom is -0.335 e. The largest absolute Gasteiger partial charge is 0.490 e. The van der Waals surface area contributed by atoms with Gasteiger partial charge in [-0.3, -0.25) is 0 Å². The highest BCUT2D eigenvalue weighted by molar-refractivity contribution is 7.94. The number of hydrogen-bond donors (Lipinski definition) is 1. The Balaban J connectivity index is 0.000000763. The molecular formula is C20H34F10N2O4S2+2. The maximum absolute atomic E-state index is 13.9. The van der Waals surface area contributed by atoms with E-state index in [-0.39, 0.29) is 12.8 Å². The average molecular weight is 621 g/mol. The minimum atomic E-state index is -6.98. The quantitative estimate of drug-likeness (QED) is 0.225. The molecule has 228 valence electrons. The van der Waals surface area contributed by atoms with Gasteiger partial charge in [0.25, 0.3) is 9.84 Å². The van der Waals surface area contributed by atoms with Crippen LogP contribution in [-0.4, -0.2) is 81.7 Å². The molecule has 2 heterocycles. The van der Waals surface area contributed by atoms with Gasteiger partial charge in [0, 0.05) is 25.7 Å². The molecule has 0 amide bonds. The second-order valence-electron chi connectivity index (χ2n) is 9.46. The standard InChI is InChI=1S/C13H18F10NO4S2.C7H15N/c1-2-3-4-7-24(30(27,28)13(22,23)11(17,18)19)8-5-6-9(24)29(25,26)12(20,21)10(14,15)16;1-2-5-8-6-3-4-7-8/h9H,2-8H2,1H3;2-7H2,1H3/q+1;/p+1. The van der Waals surface area contributed by atoms with E-state index in [9.17, 15) is 60.7 Å². The lowest BCUT2D eigenvalue weighted by molar-refractivity contribution is -0.887. The maximum atomic E-state index is 13.9. The molecule has 0 radical (unpaired) electrons. The Morgan fingerprint density at radius 2 is 1.24 bits per heavy atom. The predicted octanol–water partition coefficient (Wildman–Crippen LogP) is 4.24. The first-order valence-electron chi connectivity index (χ1n) is 12.2. The number of hydrogen-bond acceptors (Lipinski definition) is 4. The smallest absolute Gasteiger partial charge is 0.335 e. The van der Waals surface area contributed by atoms with Crippen LogP contribution in [0.1, 0.15) is 65.2 Å². The molecule has 0 saturated carbocycles. The Bertz CT molecular complexity index is 979. The van der Waals surface area contributed by atoms with Crippen molar-refractivity contribution in [3.8, 4) is 0 Å². The molecule has 2 rings (SSSR count). The summed E-state index contributed by atoms with van der Waals surface area (Å²) >= 11 is 0. The molecule has 18 heteroatoms. The van der Waals surface area contributed by atoms with E-state index in [0.29, 0.717) is 0 Å². The number of alkyl halides is 10. The zero-order valence-electron chi connectivity index (χ0n) is 20.9. The first-order chi connectivity index (χ1) is 17.1. The lowest BCUT2D eigenvalue weighted by atomic mass is 10.2. The van der Waals surface area contributed by atoms with Gasteiger partial charge in [0.15, 0.2) is 0 Å². The Kier molecular flexibility index (Phi) is 11.4. The van der Waals surface area contributed by atoms with Crippen LogP contribution in [0.25, 0.3) is 0 Å². The van der Waals surface area contributed by atoms with Crippen molar-refractivity contribution in [2.75, 3.05) is 32.7 Å². The van der Waals surface area contributed by atoms with Gasteiger partial charge in [-0.2, -0.15) is 56.2 Å². The van der Waals surface area contributed by atoms with E-state index in [2.05, 4.69) is 6.92 Å². The SMILES string of the molecule is CCCCC[N+]1(S(=O)(=O)C(F)(F)C(F)(F)F)CCCC1S(=O)(=O)C(F)(F)C(F)(F)F.CCC[NH+]1CCCC1. The molecule has 0 bridgehead atoms. The molecule has 0 aromatic heterocycles.